The molecule has 6 nitrogen and oxygen atoms in total. The first-order valence-corrected chi connectivity index (χ1v) is 12.8. The van der Waals surface area contributed by atoms with Gasteiger partial charge in [-0.2, -0.15) is 0 Å². The maximum atomic E-state index is 13.1. The number of hydrogen-bond acceptors (Lipinski definition) is 3. The van der Waals surface area contributed by atoms with Crippen LogP contribution < -0.4 is 10.6 Å². The number of amides is 1. The van der Waals surface area contributed by atoms with Gasteiger partial charge in [-0.15, -0.1) is 0 Å². The van der Waals surface area contributed by atoms with Crippen molar-refractivity contribution < 1.29 is 4.79 Å². The molecule has 2 atom stereocenters. The Morgan fingerprint density at radius 2 is 1.86 bits per heavy atom. The first kappa shape index (κ1) is 24.0. The van der Waals surface area contributed by atoms with Crippen LogP contribution in [0, 0.1) is 13.8 Å². The Morgan fingerprint density at radius 1 is 1.08 bits per heavy atom. The molecule has 2 N–H and O–H groups in total. The van der Waals surface area contributed by atoms with Gasteiger partial charge in [0.15, 0.2) is 5.11 Å². The lowest BCUT2D eigenvalue weighted by molar-refractivity contribution is -0.116. The first-order chi connectivity index (χ1) is 17.5. The molecule has 1 saturated heterocycles. The van der Waals surface area contributed by atoms with Gasteiger partial charge in [0.1, 0.15) is 0 Å². The minimum atomic E-state index is -0.0920. The molecule has 1 fully saturated rings. The van der Waals surface area contributed by atoms with Crippen LogP contribution in [-0.4, -0.2) is 32.0 Å². The zero-order valence-corrected chi connectivity index (χ0v) is 21.7. The topological polar surface area (TPSA) is 62.2 Å². The highest BCUT2D eigenvalue weighted by atomic mass is 32.1. The van der Waals surface area contributed by atoms with E-state index in [-0.39, 0.29) is 18.0 Å². The second kappa shape index (κ2) is 10.1. The molecule has 0 spiro atoms. The summed E-state index contributed by atoms with van der Waals surface area (Å²) in [6.07, 6.45) is 2.13. The van der Waals surface area contributed by atoms with Crippen LogP contribution in [0.3, 0.4) is 0 Å². The highest BCUT2D eigenvalue weighted by Gasteiger charge is 2.41. The van der Waals surface area contributed by atoms with Crippen molar-refractivity contribution in [2.45, 2.75) is 45.8 Å². The van der Waals surface area contributed by atoms with Gasteiger partial charge in [0.05, 0.1) is 17.8 Å². The molecule has 0 bridgehead atoms. The number of benzene rings is 2. The lowest BCUT2D eigenvalue weighted by Gasteiger charge is -2.28. The molecule has 5 rings (SSSR count). The summed E-state index contributed by atoms with van der Waals surface area (Å²) in [5, 5.41) is 9.39. The van der Waals surface area contributed by atoms with E-state index in [2.05, 4.69) is 64.1 Å². The molecule has 2 aromatic heterocycles. The number of carbonyl (C=O) groups is 1. The van der Waals surface area contributed by atoms with Crippen LogP contribution >= 0.6 is 12.2 Å². The van der Waals surface area contributed by atoms with E-state index >= 15 is 0 Å². The lowest BCUT2D eigenvalue weighted by Crippen LogP contribution is -2.33. The molecule has 3 heterocycles. The fraction of sp³-hybridized carbons (Fsp3) is 0.276. The predicted octanol–water partition coefficient (Wildman–Crippen LogP) is 5.67. The van der Waals surface area contributed by atoms with Crippen molar-refractivity contribution in [2.75, 3.05) is 11.9 Å². The summed E-state index contributed by atoms with van der Waals surface area (Å²) < 4.78 is 2.32. The summed E-state index contributed by atoms with van der Waals surface area (Å²) in [6, 6.07) is 22.1. The Balaban J connectivity index is 1.40. The Labute approximate surface area is 217 Å². The van der Waals surface area contributed by atoms with E-state index in [1.165, 1.54) is 17.0 Å². The Hall–Kier alpha value is -3.71. The summed E-state index contributed by atoms with van der Waals surface area (Å²) in [4.78, 5) is 19.8. The smallest absolute Gasteiger partial charge is 0.226 e. The predicted molar refractivity (Wildman–Crippen MR) is 149 cm³/mol. The second-order valence-electron chi connectivity index (χ2n) is 9.22. The van der Waals surface area contributed by atoms with Crippen LogP contribution in [-0.2, 0) is 11.3 Å². The van der Waals surface area contributed by atoms with E-state index in [1.807, 2.05) is 54.7 Å². The Morgan fingerprint density at radius 3 is 2.61 bits per heavy atom. The van der Waals surface area contributed by atoms with Gasteiger partial charge in [-0.25, -0.2) is 0 Å². The van der Waals surface area contributed by atoms with E-state index in [0.29, 0.717) is 18.1 Å². The fourth-order valence-electron chi connectivity index (χ4n) is 5.37. The number of rotatable bonds is 7. The van der Waals surface area contributed by atoms with Crippen molar-refractivity contribution in [1.29, 1.82) is 0 Å². The molecule has 0 unspecified atom stereocenters. The highest BCUT2D eigenvalue weighted by molar-refractivity contribution is 7.80. The van der Waals surface area contributed by atoms with Gasteiger partial charge in [-0.3, -0.25) is 9.78 Å². The normalized spacial score (nSPS) is 17.4. The van der Waals surface area contributed by atoms with Crippen molar-refractivity contribution in [3.05, 3.63) is 95.6 Å². The molecule has 0 radical (unpaired) electrons. The number of aromatic nitrogens is 2. The summed E-state index contributed by atoms with van der Waals surface area (Å²) in [6.45, 7) is 7.87. The van der Waals surface area contributed by atoms with Crippen LogP contribution in [0.4, 0.5) is 5.69 Å². The van der Waals surface area contributed by atoms with Crippen LogP contribution in [0.2, 0.25) is 0 Å². The number of carbonyl (C=O) groups excluding carboxylic acids is 1. The average molecular weight is 498 g/mol. The van der Waals surface area contributed by atoms with Crippen molar-refractivity contribution in [3.8, 4) is 0 Å². The van der Waals surface area contributed by atoms with Crippen molar-refractivity contribution >= 4 is 39.7 Å². The fourth-order valence-corrected chi connectivity index (χ4v) is 5.70. The van der Waals surface area contributed by atoms with Crippen molar-refractivity contribution in [3.63, 3.8) is 0 Å². The summed E-state index contributed by atoms with van der Waals surface area (Å²) in [5.74, 6) is -0.0341. The molecule has 1 amide bonds. The number of hydrogen-bond donors (Lipinski definition) is 2. The average Bonchev–Trinajstić information content (AvgIpc) is 3.37. The van der Waals surface area contributed by atoms with Gasteiger partial charge in [-0.1, -0.05) is 42.5 Å². The van der Waals surface area contributed by atoms with Crippen molar-refractivity contribution in [2.24, 2.45) is 0 Å². The SMILES string of the molecule is CCn1c(C)cc([C@@H]2[C@H](c3ccccn3)NC(=S)N2CCC(=O)Nc2cccc3ccccc23)c1C. The monoisotopic (exact) mass is 497 g/mol. The minimum Gasteiger partial charge on any atom is -0.352 e. The van der Waals surface area contributed by atoms with E-state index in [4.69, 9.17) is 12.2 Å². The molecule has 1 aliphatic heterocycles. The largest absolute Gasteiger partial charge is 0.352 e. The summed E-state index contributed by atoms with van der Waals surface area (Å²) >= 11 is 5.80. The molecule has 0 aliphatic carbocycles. The van der Waals surface area contributed by atoms with Crippen LogP contribution in [0.1, 0.15) is 48.1 Å². The van der Waals surface area contributed by atoms with Gasteiger partial charge in [0.25, 0.3) is 0 Å². The van der Waals surface area contributed by atoms with Gasteiger partial charge < -0.3 is 20.1 Å². The van der Waals surface area contributed by atoms with E-state index < -0.39 is 0 Å². The molecular weight excluding hydrogens is 466 g/mol. The molecule has 2 aromatic carbocycles. The molecule has 7 heteroatoms. The molecule has 0 saturated carbocycles. The zero-order valence-electron chi connectivity index (χ0n) is 20.9. The first-order valence-electron chi connectivity index (χ1n) is 12.4. The molecule has 4 aromatic rings. The van der Waals surface area contributed by atoms with Crippen LogP contribution in [0.25, 0.3) is 10.8 Å². The molecule has 36 heavy (non-hydrogen) atoms. The van der Waals surface area contributed by atoms with Crippen LogP contribution in [0.15, 0.2) is 72.9 Å². The third kappa shape index (κ3) is 4.46. The number of anilines is 1. The quantitative estimate of drug-likeness (QED) is 0.322. The molecule has 184 valence electrons. The van der Waals surface area contributed by atoms with E-state index in [0.717, 1.165) is 28.7 Å². The zero-order chi connectivity index (χ0) is 25.2. The molecule has 1 aliphatic rings. The lowest BCUT2D eigenvalue weighted by atomic mass is 9.96. The van der Waals surface area contributed by atoms with Crippen LogP contribution in [0.5, 0.6) is 0 Å². The molecular formula is C29H31N5OS. The maximum absolute atomic E-state index is 13.1. The van der Waals surface area contributed by atoms with E-state index in [1.54, 1.807) is 0 Å². The maximum Gasteiger partial charge on any atom is 0.226 e. The Bertz CT molecular complexity index is 1410. The number of pyridine rings is 1. The number of fused-ring (bicyclic) bond motifs is 1. The minimum absolute atomic E-state index is 0.0341. The Kier molecular flexibility index (Phi) is 6.74. The second-order valence-corrected chi connectivity index (χ2v) is 9.60. The highest BCUT2D eigenvalue weighted by Crippen LogP contribution is 2.40. The third-order valence-electron chi connectivity index (χ3n) is 7.09. The van der Waals surface area contributed by atoms with Gasteiger partial charge in [-0.05, 0) is 68.2 Å². The number of nitrogens with zero attached hydrogens (tertiary/aromatic N) is 3. The van der Waals surface area contributed by atoms with Gasteiger partial charge in [0, 0.05) is 48.2 Å². The third-order valence-corrected chi connectivity index (χ3v) is 7.44. The van der Waals surface area contributed by atoms with Gasteiger partial charge >= 0.3 is 0 Å². The van der Waals surface area contributed by atoms with E-state index in [9.17, 15) is 4.79 Å². The van der Waals surface area contributed by atoms with Gasteiger partial charge in [0.2, 0.25) is 5.91 Å². The summed E-state index contributed by atoms with van der Waals surface area (Å²) in [7, 11) is 0. The summed E-state index contributed by atoms with van der Waals surface area (Å²) in [5.41, 5.74) is 5.42. The number of nitrogens with one attached hydrogen (secondary N) is 2. The standard InChI is InChI=1S/C29H31N5OS/c1-4-33-19(2)18-23(20(33)3)28-27(25-13-7-8-16-30-25)32-29(36)34(28)17-15-26(35)31-24-14-9-11-21-10-5-6-12-22(21)24/h5-14,16,18,27-28H,4,15,17H2,1-3H3,(H,31,35)(H,32,36)/t27-,28+/m0/s1. The number of thiocarbonyl (C=S) groups is 1. The van der Waals surface area contributed by atoms with Crippen molar-refractivity contribution in [1.82, 2.24) is 19.8 Å². The number of aryl methyl sites for hydroxylation is 1.